The maximum absolute atomic E-state index is 6.65. The third-order valence-electron chi connectivity index (χ3n) is 5.12. The van der Waals surface area contributed by atoms with E-state index >= 15 is 0 Å². The summed E-state index contributed by atoms with van der Waals surface area (Å²) >= 11 is 0. The van der Waals surface area contributed by atoms with Crippen molar-refractivity contribution in [2.75, 3.05) is 0 Å². The van der Waals surface area contributed by atoms with Crippen molar-refractivity contribution in [1.82, 2.24) is 8.68 Å². The first-order valence-corrected chi connectivity index (χ1v) is 10.8. The van der Waals surface area contributed by atoms with E-state index in [4.69, 9.17) is 10.9 Å². The molecule has 3 nitrogen and oxygen atoms in total. The molecule has 0 bridgehead atoms. The average molecular weight is 402 g/mol. The fourth-order valence-electron chi connectivity index (χ4n) is 3.05. The Morgan fingerprint density at radius 3 is 2.17 bits per heavy atom. The second-order valence-corrected chi connectivity index (χ2v) is 8.71. The fourth-order valence-corrected chi connectivity index (χ4v) is 4.59. The molecule has 0 radical (unpaired) electrons. The monoisotopic (exact) mass is 402 g/mol. The van der Waals surface area contributed by atoms with Crippen molar-refractivity contribution in [1.29, 1.82) is 0 Å². The lowest BCUT2D eigenvalue weighted by molar-refractivity contribution is 0.584. The summed E-state index contributed by atoms with van der Waals surface area (Å²) in [6, 6.07) is 12.3. The van der Waals surface area contributed by atoms with Crippen LogP contribution in [0.2, 0.25) is 0 Å². The average Bonchev–Trinajstić information content (AvgIpc) is 3.43. The highest BCUT2D eigenvalue weighted by Crippen LogP contribution is 2.43. The van der Waals surface area contributed by atoms with Gasteiger partial charge in [0.25, 0.3) is 0 Å². The number of benzene rings is 1. The van der Waals surface area contributed by atoms with E-state index in [0.717, 1.165) is 12.2 Å². The van der Waals surface area contributed by atoms with Gasteiger partial charge in [-0.1, -0.05) is 29.2 Å². The minimum atomic E-state index is -1.06. The molecule has 29 heavy (non-hydrogen) atoms. The highest BCUT2D eigenvalue weighted by atomic mass is 31.2. The van der Waals surface area contributed by atoms with Gasteiger partial charge in [0, 0.05) is 30.4 Å². The van der Waals surface area contributed by atoms with Crippen LogP contribution in [0, 0.1) is 26.2 Å². The smallest absolute Gasteiger partial charge is 0.317 e. The first kappa shape index (κ1) is 20.8. The zero-order chi connectivity index (χ0) is 20.8. The predicted octanol–water partition coefficient (Wildman–Crippen LogP) is 6.68. The molecule has 0 spiro atoms. The molecule has 3 rings (SSSR count). The molecule has 0 fully saturated rings. The molecule has 0 saturated heterocycles. The second-order valence-electron chi connectivity index (χ2n) is 7.09. The summed E-state index contributed by atoms with van der Waals surface area (Å²) in [6.45, 7) is 8.57. The first-order chi connectivity index (χ1) is 14.0. The molecule has 1 aromatic carbocycles. The maximum atomic E-state index is 6.65. The van der Waals surface area contributed by atoms with E-state index in [1.54, 1.807) is 6.08 Å². The van der Waals surface area contributed by atoms with Crippen LogP contribution in [-0.4, -0.2) is 8.68 Å². The molecule has 3 aromatic rings. The van der Waals surface area contributed by atoms with Crippen molar-refractivity contribution in [3.05, 3.63) is 101 Å². The van der Waals surface area contributed by atoms with Crippen LogP contribution < -0.4 is 4.52 Å². The lowest BCUT2D eigenvalue weighted by Crippen LogP contribution is -2.06. The van der Waals surface area contributed by atoms with Gasteiger partial charge in [-0.25, -0.2) is 0 Å². The molecular weight excluding hydrogens is 375 g/mol. The number of allylic oxidation sites excluding steroid dienone is 4. The molecule has 0 amide bonds. The number of nitrogens with zero attached hydrogens (tertiary/aromatic N) is 2. The summed E-state index contributed by atoms with van der Waals surface area (Å²) < 4.78 is 10.9. The van der Waals surface area contributed by atoms with E-state index in [9.17, 15) is 0 Å². The molecule has 0 aliphatic rings. The van der Waals surface area contributed by atoms with Gasteiger partial charge in [-0.2, -0.15) is 0 Å². The Morgan fingerprint density at radius 2 is 1.62 bits per heavy atom. The number of aromatic nitrogens is 2. The summed E-state index contributed by atoms with van der Waals surface area (Å²) in [7, 11) is -1.06. The Labute approximate surface area is 175 Å². The highest BCUT2D eigenvalue weighted by Gasteiger charge is 2.19. The van der Waals surface area contributed by atoms with Crippen LogP contribution in [0.15, 0.2) is 84.5 Å². The van der Waals surface area contributed by atoms with Gasteiger partial charge in [0.1, 0.15) is 5.75 Å². The van der Waals surface area contributed by atoms with Gasteiger partial charge in [-0.05, 0) is 81.7 Å². The zero-order valence-electron chi connectivity index (χ0n) is 17.5. The highest BCUT2D eigenvalue weighted by molar-refractivity contribution is 7.49. The van der Waals surface area contributed by atoms with Crippen molar-refractivity contribution in [3.8, 4) is 18.1 Å². The van der Waals surface area contributed by atoms with Gasteiger partial charge >= 0.3 is 8.45 Å². The molecule has 0 aliphatic heterocycles. The normalized spacial score (nSPS) is 12.3. The van der Waals surface area contributed by atoms with Gasteiger partial charge < -0.3 is 4.52 Å². The van der Waals surface area contributed by atoms with Gasteiger partial charge in [0.05, 0.1) is 0 Å². The summed E-state index contributed by atoms with van der Waals surface area (Å²) in [5.41, 5.74) is 6.23. The molecule has 0 aliphatic carbocycles. The van der Waals surface area contributed by atoms with Crippen LogP contribution in [0.1, 0.15) is 30.5 Å². The number of terminal acetylenes is 1. The van der Waals surface area contributed by atoms with Crippen molar-refractivity contribution in [3.63, 3.8) is 0 Å². The van der Waals surface area contributed by atoms with Crippen LogP contribution in [-0.2, 0) is 6.42 Å². The summed E-state index contributed by atoms with van der Waals surface area (Å²) in [6.07, 6.45) is 18.1. The Hall–Kier alpha value is -2.95. The molecule has 2 aromatic heterocycles. The Morgan fingerprint density at radius 1 is 1.03 bits per heavy atom. The number of hydrogen-bond donors (Lipinski definition) is 0. The lowest BCUT2D eigenvalue weighted by Gasteiger charge is -2.23. The SMILES string of the molecule is C#C/C=C\C(C)=C(\C)Cc1c(OP(n2cccc2)n2cccc2)ccc(C)c1C. The summed E-state index contributed by atoms with van der Waals surface area (Å²) in [4.78, 5) is 0. The molecule has 0 saturated carbocycles. The molecule has 0 N–H and O–H groups in total. The van der Waals surface area contributed by atoms with Crippen LogP contribution >= 0.6 is 8.45 Å². The zero-order valence-corrected chi connectivity index (χ0v) is 18.4. The maximum Gasteiger partial charge on any atom is 0.317 e. The standard InChI is InChI=1S/C25H27N2OP/c1-6-7-12-20(2)22(4)19-24-23(5)21(3)13-14-25(24)28-29(26-15-8-9-16-26)27-17-10-11-18-27/h1,7-18H,19H2,2-5H3/b12-7-,22-20-. The van der Waals surface area contributed by atoms with Gasteiger partial charge in [0.2, 0.25) is 0 Å². The summed E-state index contributed by atoms with van der Waals surface area (Å²) in [5.74, 6) is 3.49. The molecular formula is C25H27N2OP. The topological polar surface area (TPSA) is 19.1 Å². The predicted molar refractivity (Wildman–Crippen MR) is 123 cm³/mol. The van der Waals surface area contributed by atoms with Gasteiger partial charge in [0.15, 0.2) is 0 Å². The molecule has 0 unspecified atom stereocenters. The van der Waals surface area contributed by atoms with Crippen molar-refractivity contribution >= 4 is 8.45 Å². The number of aryl methyl sites for hydroxylation is 1. The molecule has 0 atom stereocenters. The minimum Gasteiger partial charge on any atom is -0.436 e. The third kappa shape index (κ3) is 4.91. The Balaban J connectivity index is 2.00. The number of rotatable bonds is 7. The van der Waals surface area contributed by atoms with E-state index < -0.39 is 8.45 Å². The number of hydrogen-bond acceptors (Lipinski definition) is 1. The van der Waals surface area contributed by atoms with Crippen molar-refractivity contribution in [2.45, 2.75) is 34.1 Å². The third-order valence-corrected chi connectivity index (χ3v) is 6.81. The second kappa shape index (κ2) is 9.50. The van der Waals surface area contributed by atoms with Crippen LogP contribution in [0.3, 0.4) is 0 Å². The van der Waals surface area contributed by atoms with E-state index in [1.165, 1.54) is 27.8 Å². The first-order valence-electron chi connectivity index (χ1n) is 9.64. The fraction of sp³-hybridized carbons (Fsp3) is 0.200. The van der Waals surface area contributed by atoms with E-state index in [0.29, 0.717) is 0 Å². The van der Waals surface area contributed by atoms with Crippen LogP contribution in [0.4, 0.5) is 0 Å². The molecule has 4 heteroatoms. The minimum absolute atomic E-state index is 0.824. The van der Waals surface area contributed by atoms with Crippen molar-refractivity contribution < 1.29 is 4.52 Å². The Bertz CT molecular complexity index is 1020. The lowest BCUT2D eigenvalue weighted by atomic mass is 9.95. The Kier molecular flexibility index (Phi) is 6.81. The van der Waals surface area contributed by atoms with Crippen molar-refractivity contribution in [2.24, 2.45) is 0 Å². The van der Waals surface area contributed by atoms with Crippen LogP contribution in [0.5, 0.6) is 5.75 Å². The summed E-state index contributed by atoms with van der Waals surface area (Å²) in [5, 5.41) is 0. The van der Waals surface area contributed by atoms with E-state index in [-0.39, 0.29) is 0 Å². The molecule has 148 valence electrons. The largest absolute Gasteiger partial charge is 0.436 e. The molecule has 2 heterocycles. The van der Waals surface area contributed by atoms with E-state index in [2.05, 4.69) is 54.4 Å². The quantitative estimate of drug-likeness (QED) is 0.245. The van der Waals surface area contributed by atoms with Gasteiger partial charge in [-0.15, -0.1) is 6.42 Å². The van der Waals surface area contributed by atoms with E-state index in [1.807, 2.05) is 55.1 Å². The van der Waals surface area contributed by atoms with Crippen LogP contribution in [0.25, 0.3) is 0 Å². The van der Waals surface area contributed by atoms with Gasteiger partial charge in [-0.3, -0.25) is 8.68 Å².